The second-order valence-electron chi connectivity index (χ2n) is 10.1. The number of amides is 1. The summed E-state index contributed by atoms with van der Waals surface area (Å²) in [6.07, 6.45) is -3.15. The summed E-state index contributed by atoms with van der Waals surface area (Å²) in [7, 11) is 0. The number of aryl methyl sites for hydroxylation is 1. The van der Waals surface area contributed by atoms with Crippen LogP contribution < -0.4 is 5.32 Å². The van der Waals surface area contributed by atoms with E-state index < -0.39 is 18.3 Å². The van der Waals surface area contributed by atoms with E-state index in [-0.39, 0.29) is 25.0 Å². The lowest BCUT2D eigenvalue weighted by atomic mass is 9.98. The highest BCUT2D eigenvalue weighted by atomic mass is 16.5. The molecule has 1 aliphatic carbocycles. The van der Waals surface area contributed by atoms with Gasteiger partial charge < -0.3 is 29.6 Å². The minimum Gasteiger partial charge on any atom is -0.462 e. The molecule has 0 aliphatic heterocycles. The molecule has 0 radical (unpaired) electrons. The predicted molar refractivity (Wildman–Crippen MR) is 155 cm³/mol. The number of fused-ring (bicyclic) bond motifs is 3. The molecule has 0 fully saturated rings. The number of carbonyl (C=O) groups is 2. The summed E-state index contributed by atoms with van der Waals surface area (Å²) in [5.41, 5.74) is 7.89. The summed E-state index contributed by atoms with van der Waals surface area (Å²) in [4.78, 5) is 24.5. The molecule has 2 atom stereocenters. The molecule has 1 aromatic heterocycles. The first-order valence-corrected chi connectivity index (χ1v) is 13.7. The van der Waals surface area contributed by atoms with Gasteiger partial charge in [-0.05, 0) is 73.4 Å². The Labute approximate surface area is 239 Å². The Bertz CT molecular complexity index is 1510. The number of alkyl carbamates (subject to hydrolysis) is 1. The number of aliphatic hydroxyl groups is 2. The zero-order chi connectivity index (χ0) is 29.1. The number of aromatic nitrogens is 1. The Balaban J connectivity index is 1.20. The third-order valence-corrected chi connectivity index (χ3v) is 7.59. The van der Waals surface area contributed by atoms with Crippen molar-refractivity contribution >= 4 is 12.1 Å². The molecule has 0 saturated carbocycles. The molecule has 1 amide bonds. The molecule has 4 aromatic rings. The normalized spacial score (nSPS) is 13.7. The van der Waals surface area contributed by atoms with E-state index in [9.17, 15) is 19.8 Å². The monoisotopic (exact) mass is 554 g/mol. The molecule has 8 nitrogen and oxygen atoms in total. The Morgan fingerprint density at radius 1 is 0.902 bits per heavy atom. The van der Waals surface area contributed by atoms with Crippen molar-refractivity contribution in [1.29, 1.82) is 0 Å². The van der Waals surface area contributed by atoms with Crippen LogP contribution >= 0.6 is 0 Å². The lowest BCUT2D eigenvalue weighted by Crippen LogP contribution is -2.36. The fraction of sp³-hybridized carbons (Fsp3) is 0.273. The molecule has 0 bridgehead atoms. The maximum absolute atomic E-state index is 12.6. The van der Waals surface area contributed by atoms with Crippen LogP contribution in [-0.4, -0.2) is 52.7 Å². The van der Waals surface area contributed by atoms with Gasteiger partial charge >= 0.3 is 12.1 Å². The van der Waals surface area contributed by atoms with Crippen LogP contribution in [0.5, 0.6) is 0 Å². The van der Waals surface area contributed by atoms with Crippen molar-refractivity contribution in [3.8, 4) is 16.8 Å². The van der Waals surface area contributed by atoms with Gasteiger partial charge in [-0.3, -0.25) is 0 Å². The SMILES string of the molecule is CCOC(=O)c1ccc(-n2c(C)cc(C(O)C(O)CNC(=O)OCC3c4ccccc4-c4ccccc43)c2C)cc1. The number of benzene rings is 3. The van der Waals surface area contributed by atoms with Gasteiger partial charge in [-0.2, -0.15) is 0 Å². The molecule has 8 heteroatoms. The van der Waals surface area contributed by atoms with Gasteiger partial charge in [-0.15, -0.1) is 0 Å². The number of carbonyl (C=O) groups excluding carboxylic acids is 2. The Morgan fingerprint density at radius 2 is 1.51 bits per heavy atom. The van der Waals surface area contributed by atoms with E-state index in [2.05, 4.69) is 17.4 Å². The average molecular weight is 555 g/mol. The van der Waals surface area contributed by atoms with E-state index in [1.54, 1.807) is 37.3 Å². The van der Waals surface area contributed by atoms with E-state index in [0.717, 1.165) is 39.3 Å². The van der Waals surface area contributed by atoms with Gasteiger partial charge in [0.05, 0.1) is 12.2 Å². The first-order chi connectivity index (χ1) is 19.8. The smallest absolute Gasteiger partial charge is 0.407 e. The molecule has 3 N–H and O–H groups in total. The largest absolute Gasteiger partial charge is 0.462 e. The molecule has 2 unspecified atom stereocenters. The third-order valence-electron chi connectivity index (χ3n) is 7.59. The van der Waals surface area contributed by atoms with Crippen molar-refractivity contribution in [2.75, 3.05) is 19.8 Å². The number of esters is 1. The van der Waals surface area contributed by atoms with Gasteiger partial charge in [0.1, 0.15) is 18.8 Å². The lowest BCUT2D eigenvalue weighted by Gasteiger charge is -2.20. The standard InChI is InChI=1S/C33H34N2O6/c1-4-40-32(38)22-13-15-23(16-14-22)35-20(2)17-28(21(35)3)31(37)30(36)18-34-33(39)41-19-29-26-11-7-5-9-24(26)25-10-6-8-12-27(25)29/h5-17,29-31,36-37H,4,18-19H2,1-3H3,(H,34,39). The van der Waals surface area contributed by atoms with Crippen molar-refractivity contribution < 1.29 is 29.3 Å². The third kappa shape index (κ3) is 5.62. The van der Waals surface area contributed by atoms with Crippen LogP contribution in [0.1, 0.15) is 57.4 Å². The zero-order valence-electron chi connectivity index (χ0n) is 23.3. The van der Waals surface area contributed by atoms with Crippen LogP contribution in [0.2, 0.25) is 0 Å². The van der Waals surface area contributed by atoms with Gasteiger partial charge in [-0.1, -0.05) is 48.5 Å². The predicted octanol–water partition coefficient (Wildman–Crippen LogP) is 5.20. The minimum atomic E-state index is -1.25. The van der Waals surface area contributed by atoms with Crippen molar-refractivity contribution in [1.82, 2.24) is 9.88 Å². The Hall–Kier alpha value is -4.40. The highest BCUT2D eigenvalue weighted by molar-refractivity contribution is 5.89. The molecule has 1 aliphatic rings. The Morgan fingerprint density at radius 3 is 2.12 bits per heavy atom. The van der Waals surface area contributed by atoms with Crippen LogP contribution in [-0.2, 0) is 9.47 Å². The molecule has 1 heterocycles. The molecule has 0 spiro atoms. The number of aliphatic hydroxyl groups excluding tert-OH is 2. The highest BCUT2D eigenvalue weighted by Crippen LogP contribution is 2.44. The molecular formula is C33H34N2O6. The molecule has 0 saturated heterocycles. The number of hydrogen-bond donors (Lipinski definition) is 3. The number of ether oxygens (including phenoxy) is 2. The molecular weight excluding hydrogens is 520 g/mol. The quantitative estimate of drug-likeness (QED) is 0.245. The van der Waals surface area contributed by atoms with E-state index in [0.29, 0.717) is 17.7 Å². The van der Waals surface area contributed by atoms with Gasteiger partial charge in [-0.25, -0.2) is 9.59 Å². The number of nitrogens with one attached hydrogen (secondary N) is 1. The van der Waals surface area contributed by atoms with Gasteiger partial charge in [0.2, 0.25) is 0 Å². The first-order valence-electron chi connectivity index (χ1n) is 13.7. The van der Waals surface area contributed by atoms with E-state index in [4.69, 9.17) is 9.47 Å². The second kappa shape index (κ2) is 12.0. The molecule has 41 heavy (non-hydrogen) atoms. The van der Waals surface area contributed by atoms with Crippen LogP contribution in [0.15, 0.2) is 78.9 Å². The fourth-order valence-corrected chi connectivity index (χ4v) is 5.60. The maximum Gasteiger partial charge on any atom is 0.407 e. The zero-order valence-corrected chi connectivity index (χ0v) is 23.3. The van der Waals surface area contributed by atoms with Gasteiger partial charge in [0.15, 0.2) is 0 Å². The van der Waals surface area contributed by atoms with E-state index >= 15 is 0 Å². The average Bonchev–Trinajstić information content (AvgIpc) is 3.47. The highest BCUT2D eigenvalue weighted by Gasteiger charge is 2.29. The van der Waals surface area contributed by atoms with Crippen LogP contribution in [0.25, 0.3) is 16.8 Å². The van der Waals surface area contributed by atoms with Crippen LogP contribution in [0.4, 0.5) is 4.79 Å². The van der Waals surface area contributed by atoms with Crippen molar-refractivity contribution in [3.63, 3.8) is 0 Å². The topological polar surface area (TPSA) is 110 Å². The van der Waals surface area contributed by atoms with Crippen molar-refractivity contribution in [2.24, 2.45) is 0 Å². The number of rotatable bonds is 9. The maximum atomic E-state index is 12.6. The molecule has 5 rings (SSSR count). The summed E-state index contributed by atoms with van der Waals surface area (Å²) >= 11 is 0. The summed E-state index contributed by atoms with van der Waals surface area (Å²) in [6, 6.07) is 25.0. The summed E-state index contributed by atoms with van der Waals surface area (Å²) in [5.74, 6) is -0.455. The number of nitrogens with zero attached hydrogens (tertiary/aromatic N) is 1. The fourth-order valence-electron chi connectivity index (χ4n) is 5.60. The van der Waals surface area contributed by atoms with E-state index in [1.165, 1.54) is 0 Å². The van der Waals surface area contributed by atoms with Crippen molar-refractivity contribution in [3.05, 3.63) is 113 Å². The Kier molecular flexibility index (Phi) is 8.23. The van der Waals surface area contributed by atoms with Crippen molar-refractivity contribution in [2.45, 2.75) is 38.9 Å². The summed E-state index contributed by atoms with van der Waals surface area (Å²) in [5, 5.41) is 24.3. The van der Waals surface area contributed by atoms with Gasteiger partial charge in [0, 0.05) is 35.1 Å². The number of hydrogen-bond acceptors (Lipinski definition) is 6. The summed E-state index contributed by atoms with van der Waals surface area (Å²) < 4.78 is 12.5. The minimum absolute atomic E-state index is 0.0691. The molecule has 3 aromatic carbocycles. The first kappa shape index (κ1) is 28.1. The van der Waals surface area contributed by atoms with Crippen LogP contribution in [0, 0.1) is 13.8 Å². The molecule has 212 valence electrons. The van der Waals surface area contributed by atoms with E-state index in [1.807, 2.05) is 54.8 Å². The summed E-state index contributed by atoms with van der Waals surface area (Å²) in [6.45, 7) is 5.77. The van der Waals surface area contributed by atoms with Crippen LogP contribution in [0.3, 0.4) is 0 Å². The van der Waals surface area contributed by atoms with Gasteiger partial charge in [0.25, 0.3) is 0 Å². The second-order valence-corrected chi connectivity index (χ2v) is 10.1. The lowest BCUT2D eigenvalue weighted by molar-refractivity contribution is 0.0182.